The maximum Gasteiger partial charge on any atom is 0.411 e. The number of alkyl carbamates (subject to hydrolysis) is 1. The molecule has 28 heavy (non-hydrogen) atoms. The van der Waals surface area contributed by atoms with Gasteiger partial charge in [-0.1, -0.05) is 0 Å². The number of nitrogens with one attached hydrogen (secondary N) is 1. The highest BCUT2D eigenvalue weighted by atomic mass is 19.1. The number of benzene rings is 1. The van der Waals surface area contributed by atoms with Crippen molar-refractivity contribution in [2.45, 2.75) is 0 Å². The van der Waals surface area contributed by atoms with Gasteiger partial charge in [0.25, 0.3) is 11.8 Å². The standard InChI is InChI=1S/C17H10FN5O5/c1-27-17(26)22-11-6-14(24)23(15(11)25)12-7-13(9(8-19)5-10(12)18)28-16-20-3-2-4-21-16/h2-7H,1H3,(H,22,26). The smallest absolute Gasteiger partial charge is 0.411 e. The number of nitrogens with zero attached hydrogens (tertiary/aromatic N) is 4. The molecule has 0 radical (unpaired) electrons. The SMILES string of the molecule is COC(=O)NC1=CC(=O)N(c2cc(Oc3ncccn3)c(C#N)cc2F)C1=O. The summed E-state index contributed by atoms with van der Waals surface area (Å²) in [5.74, 6) is -3.07. The number of aromatic nitrogens is 2. The van der Waals surface area contributed by atoms with Crippen LogP contribution in [0.15, 0.2) is 42.4 Å². The van der Waals surface area contributed by atoms with E-state index in [-0.39, 0.29) is 17.3 Å². The predicted molar refractivity (Wildman–Crippen MR) is 89.3 cm³/mol. The number of anilines is 1. The van der Waals surface area contributed by atoms with Gasteiger partial charge in [-0.25, -0.2) is 24.1 Å². The minimum Gasteiger partial charge on any atom is -0.453 e. The molecule has 140 valence electrons. The number of rotatable bonds is 4. The van der Waals surface area contributed by atoms with Crippen LogP contribution in [0.5, 0.6) is 11.8 Å². The molecule has 0 unspecified atom stereocenters. The minimum atomic E-state index is -1.02. The second kappa shape index (κ2) is 7.50. The fourth-order valence-corrected chi connectivity index (χ4v) is 2.27. The highest BCUT2D eigenvalue weighted by Crippen LogP contribution is 2.33. The van der Waals surface area contributed by atoms with E-state index < -0.39 is 35.1 Å². The summed E-state index contributed by atoms with van der Waals surface area (Å²) in [5, 5.41) is 11.3. The normalized spacial score (nSPS) is 13.0. The number of nitriles is 1. The van der Waals surface area contributed by atoms with E-state index in [1.807, 2.05) is 0 Å². The van der Waals surface area contributed by atoms with Crippen molar-refractivity contribution >= 4 is 23.6 Å². The monoisotopic (exact) mass is 383 g/mol. The van der Waals surface area contributed by atoms with Gasteiger partial charge in [0.2, 0.25) is 0 Å². The molecule has 0 spiro atoms. The molecule has 0 aliphatic carbocycles. The lowest BCUT2D eigenvalue weighted by molar-refractivity contribution is -0.120. The lowest BCUT2D eigenvalue weighted by Gasteiger charge is -2.17. The van der Waals surface area contributed by atoms with Gasteiger partial charge in [-0.15, -0.1) is 0 Å². The Morgan fingerprint density at radius 3 is 2.64 bits per heavy atom. The predicted octanol–water partition coefficient (Wildman–Crippen LogP) is 1.39. The first-order chi connectivity index (χ1) is 13.4. The molecule has 3 amide bonds. The largest absolute Gasteiger partial charge is 0.453 e. The molecule has 11 heteroatoms. The Labute approximate surface area is 156 Å². The second-order valence-corrected chi connectivity index (χ2v) is 5.20. The van der Waals surface area contributed by atoms with Gasteiger partial charge in [-0.3, -0.25) is 14.9 Å². The van der Waals surface area contributed by atoms with E-state index in [9.17, 15) is 24.0 Å². The molecular weight excluding hydrogens is 373 g/mol. The topological polar surface area (TPSA) is 135 Å². The lowest BCUT2D eigenvalue weighted by atomic mass is 10.1. The Morgan fingerprint density at radius 1 is 1.29 bits per heavy atom. The number of hydrogen-bond donors (Lipinski definition) is 1. The minimum absolute atomic E-state index is 0.123. The molecule has 0 atom stereocenters. The fourth-order valence-electron chi connectivity index (χ4n) is 2.27. The van der Waals surface area contributed by atoms with Gasteiger partial charge >= 0.3 is 12.1 Å². The molecule has 10 nitrogen and oxygen atoms in total. The zero-order valence-electron chi connectivity index (χ0n) is 14.2. The van der Waals surface area contributed by atoms with Crippen LogP contribution in [0, 0.1) is 17.1 Å². The van der Waals surface area contributed by atoms with Crippen LogP contribution >= 0.6 is 0 Å². The quantitative estimate of drug-likeness (QED) is 0.783. The Kier molecular flexibility index (Phi) is 4.95. The van der Waals surface area contributed by atoms with E-state index in [1.54, 1.807) is 6.07 Å². The summed E-state index contributed by atoms with van der Waals surface area (Å²) in [4.78, 5) is 44.0. The molecule has 2 aromatic rings. The van der Waals surface area contributed by atoms with Gasteiger partial charge in [0.15, 0.2) is 5.75 Å². The van der Waals surface area contributed by atoms with Crippen LogP contribution in [-0.2, 0) is 14.3 Å². The summed E-state index contributed by atoms with van der Waals surface area (Å²) in [7, 11) is 1.07. The van der Waals surface area contributed by atoms with Crippen molar-refractivity contribution in [2.24, 2.45) is 0 Å². The van der Waals surface area contributed by atoms with Gasteiger partial charge in [-0.2, -0.15) is 5.26 Å². The van der Waals surface area contributed by atoms with Gasteiger partial charge < -0.3 is 9.47 Å². The number of amides is 3. The van der Waals surface area contributed by atoms with Crippen LogP contribution in [0.4, 0.5) is 14.9 Å². The van der Waals surface area contributed by atoms with E-state index >= 15 is 0 Å². The summed E-state index contributed by atoms with van der Waals surface area (Å²) < 4.78 is 24.2. The molecule has 0 fully saturated rings. The van der Waals surface area contributed by atoms with Gasteiger partial charge in [-0.05, 0) is 12.1 Å². The van der Waals surface area contributed by atoms with E-state index in [0.717, 1.165) is 25.3 Å². The third kappa shape index (κ3) is 3.47. The van der Waals surface area contributed by atoms with E-state index in [2.05, 4.69) is 20.0 Å². The zero-order valence-corrected chi connectivity index (χ0v) is 14.2. The van der Waals surface area contributed by atoms with E-state index in [4.69, 9.17) is 4.74 Å². The van der Waals surface area contributed by atoms with Crippen LogP contribution in [-0.4, -0.2) is 35.0 Å². The lowest BCUT2D eigenvalue weighted by Crippen LogP contribution is -2.35. The number of halogens is 1. The first-order valence-electron chi connectivity index (χ1n) is 7.58. The molecule has 0 saturated carbocycles. The molecule has 1 aromatic carbocycles. The number of hydrogen-bond acceptors (Lipinski definition) is 8. The summed E-state index contributed by atoms with van der Waals surface area (Å²) in [6, 6.07) is 4.96. The second-order valence-electron chi connectivity index (χ2n) is 5.20. The molecule has 1 aliphatic rings. The molecule has 1 aromatic heterocycles. The van der Waals surface area contributed by atoms with Crippen LogP contribution in [0.25, 0.3) is 0 Å². The maximum atomic E-state index is 14.5. The summed E-state index contributed by atoms with van der Waals surface area (Å²) in [5.41, 5.74) is -1.07. The maximum absolute atomic E-state index is 14.5. The van der Waals surface area contributed by atoms with Crippen LogP contribution in [0.3, 0.4) is 0 Å². The van der Waals surface area contributed by atoms with E-state index in [1.165, 1.54) is 18.5 Å². The third-order valence-electron chi connectivity index (χ3n) is 3.50. The summed E-state index contributed by atoms with van der Waals surface area (Å²) >= 11 is 0. The van der Waals surface area contributed by atoms with Gasteiger partial charge in [0.05, 0.1) is 18.4 Å². The molecule has 1 N–H and O–H groups in total. The Morgan fingerprint density at radius 2 is 2.00 bits per heavy atom. The van der Waals surface area contributed by atoms with Crippen LogP contribution in [0.2, 0.25) is 0 Å². The number of imide groups is 1. The van der Waals surface area contributed by atoms with Crippen molar-refractivity contribution in [2.75, 3.05) is 12.0 Å². The molecule has 0 saturated heterocycles. The first-order valence-corrected chi connectivity index (χ1v) is 7.58. The highest BCUT2D eigenvalue weighted by molar-refractivity contribution is 6.31. The van der Waals surface area contributed by atoms with Crippen LogP contribution < -0.4 is 15.0 Å². The van der Waals surface area contributed by atoms with Gasteiger partial charge in [0.1, 0.15) is 17.6 Å². The average Bonchev–Trinajstić information content (AvgIpc) is 2.96. The number of carbonyl (C=O) groups excluding carboxylic acids is 3. The van der Waals surface area contributed by atoms with Crippen molar-refractivity contribution in [3.8, 4) is 17.8 Å². The number of carbonyl (C=O) groups is 3. The van der Waals surface area contributed by atoms with Crippen molar-refractivity contribution in [1.82, 2.24) is 15.3 Å². The highest BCUT2D eigenvalue weighted by Gasteiger charge is 2.36. The van der Waals surface area contributed by atoms with E-state index in [0.29, 0.717) is 4.90 Å². The third-order valence-corrected chi connectivity index (χ3v) is 3.50. The summed E-state index contributed by atoms with van der Waals surface area (Å²) in [6.07, 6.45) is 2.62. The van der Waals surface area contributed by atoms with Crippen molar-refractivity contribution in [1.29, 1.82) is 5.26 Å². The average molecular weight is 383 g/mol. The Hall–Kier alpha value is -4.33. The molecular formula is C17H10FN5O5. The Balaban J connectivity index is 1.97. The van der Waals surface area contributed by atoms with Gasteiger partial charge in [0, 0.05) is 24.5 Å². The number of ether oxygens (including phenoxy) is 2. The molecule has 1 aliphatic heterocycles. The zero-order chi connectivity index (χ0) is 20.3. The van der Waals surface area contributed by atoms with Crippen molar-refractivity contribution < 1.29 is 28.2 Å². The molecule has 3 rings (SSSR count). The molecule has 2 heterocycles. The number of methoxy groups -OCH3 is 1. The Bertz CT molecular complexity index is 1050. The molecule has 0 bridgehead atoms. The van der Waals surface area contributed by atoms with Crippen LogP contribution in [0.1, 0.15) is 5.56 Å². The van der Waals surface area contributed by atoms with Crippen molar-refractivity contribution in [3.63, 3.8) is 0 Å². The summed E-state index contributed by atoms with van der Waals surface area (Å²) in [6.45, 7) is 0. The first kappa shape index (κ1) is 18.5. The fraction of sp³-hybridized carbons (Fsp3) is 0.0588. The van der Waals surface area contributed by atoms with Crippen molar-refractivity contribution in [3.05, 3.63) is 53.7 Å².